The van der Waals surface area contributed by atoms with Crippen LogP contribution in [0.5, 0.6) is 0 Å². The molecule has 1 saturated heterocycles. The van der Waals surface area contributed by atoms with E-state index in [0.717, 1.165) is 43.4 Å². The third-order valence-electron chi connectivity index (χ3n) is 5.28. The highest BCUT2D eigenvalue weighted by atomic mass is 35.5. The molecular weight excluding hydrogens is 374 g/mol. The molecule has 0 bridgehead atoms. The Bertz CT molecular complexity index is 874. The van der Waals surface area contributed by atoms with Crippen molar-refractivity contribution in [2.75, 3.05) is 11.9 Å². The number of nitrogens with zero attached hydrogens (tertiary/aromatic N) is 2. The van der Waals surface area contributed by atoms with Gasteiger partial charge in [-0.05, 0) is 62.8 Å². The van der Waals surface area contributed by atoms with E-state index in [1.807, 2.05) is 30.9 Å². The zero-order chi connectivity index (χ0) is 20.3. The predicted octanol–water partition coefficient (Wildman–Crippen LogP) is 5.01. The van der Waals surface area contributed by atoms with Gasteiger partial charge in [-0.15, -0.1) is 0 Å². The molecule has 2 aromatic rings. The van der Waals surface area contributed by atoms with Gasteiger partial charge in [-0.25, -0.2) is 0 Å². The summed E-state index contributed by atoms with van der Waals surface area (Å²) in [4.78, 5) is 31.8. The first-order valence-corrected chi connectivity index (χ1v) is 10.1. The SMILES string of the molecule is CCC1CCCCN1C(=O)c1cncc(C(=O)Nc2c(C)cc(C)cc2Cl)c1. The standard InChI is InChI=1S/C22H26ClN3O2/c1-4-18-7-5-6-8-26(18)22(28)17-11-16(12-24-13-17)21(27)25-20-15(3)9-14(2)10-19(20)23/h9-13,18H,4-8H2,1-3H3,(H,25,27). The highest BCUT2D eigenvalue weighted by Gasteiger charge is 2.26. The zero-order valence-corrected chi connectivity index (χ0v) is 17.3. The van der Waals surface area contributed by atoms with E-state index >= 15 is 0 Å². The Morgan fingerprint density at radius 2 is 1.93 bits per heavy atom. The molecule has 1 atom stereocenters. The molecule has 2 heterocycles. The number of amides is 2. The zero-order valence-electron chi connectivity index (χ0n) is 16.6. The number of aromatic nitrogens is 1. The molecule has 2 amide bonds. The summed E-state index contributed by atoms with van der Waals surface area (Å²) in [5.74, 6) is -0.389. The second-order valence-corrected chi connectivity index (χ2v) is 7.82. The highest BCUT2D eigenvalue weighted by molar-refractivity contribution is 6.34. The second kappa shape index (κ2) is 8.74. The molecule has 1 aliphatic heterocycles. The number of hydrogen-bond acceptors (Lipinski definition) is 3. The third kappa shape index (κ3) is 4.36. The van der Waals surface area contributed by atoms with Crippen molar-refractivity contribution in [1.82, 2.24) is 9.88 Å². The van der Waals surface area contributed by atoms with Crippen LogP contribution >= 0.6 is 11.6 Å². The predicted molar refractivity (Wildman–Crippen MR) is 112 cm³/mol. The first-order chi connectivity index (χ1) is 13.4. The summed E-state index contributed by atoms with van der Waals surface area (Å²) in [6.07, 6.45) is 7.13. The number of benzene rings is 1. The Hall–Kier alpha value is -2.40. The number of anilines is 1. The Kier molecular flexibility index (Phi) is 6.35. The lowest BCUT2D eigenvalue weighted by atomic mass is 9.99. The summed E-state index contributed by atoms with van der Waals surface area (Å²) in [6.45, 7) is 6.71. The lowest BCUT2D eigenvalue weighted by Gasteiger charge is -2.35. The van der Waals surface area contributed by atoms with Crippen LogP contribution in [0, 0.1) is 13.8 Å². The first kappa shape index (κ1) is 20.3. The van der Waals surface area contributed by atoms with E-state index < -0.39 is 0 Å². The molecule has 0 saturated carbocycles. The van der Waals surface area contributed by atoms with E-state index in [0.29, 0.717) is 21.8 Å². The number of carbonyl (C=O) groups is 2. The van der Waals surface area contributed by atoms with Gasteiger partial charge in [0.15, 0.2) is 0 Å². The molecule has 28 heavy (non-hydrogen) atoms. The largest absolute Gasteiger partial charge is 0.336 e. The van der Waals surface area contributed by atoms with Crippen LogP contribution in [0.4, 0.5) is 5.69 Å². The molecule has 0 aliphatic carbocycles. The van der Waals surface area contributed by atoms with Gasteiger partial charge in [0, 0.05) is 25.0 Å². The van der Waals surface area contributed by atoms with Crippen molar-refractivity contribution in [1.29, 1.82) is 0 Å². The molecule has 0 radical (unpaired) electrons. The Labute approximate surface area is 171 Å². The van der Waals surface area contributed by atoms with Gasteiger partial charge in [0.25, 0.3) is 11.8 Å². The number of piperidine rings is 1. The van der Waals surface area contributed by atoms with E-state index in [2.05, 4.69) is 17.2 Å². The lowest BCUT2D eigenvalue weighted by molar-refractivity contribution is 0.0607. The molecule has 0 spiro atoms. The van der Waals surface area contributed by atoms with Gasteiger partial charge in [0.05, 0.1) is 21.8 Å². The molecule has 1 N–H and O–H groups in total. The fraction of sp³-hybridized carbons (Fsp3) is 0.409. The summed E-state index contributed by atoms with van der Waals surface area (Å²) in [6, 6.07) is 5.64. The molecule has 1 aromatic heterocycles. The molecule has 3 rings (SSSR count). The van der Waals surface area contributed by atoms with Gasteiger partial charge in [0.1, 0.15) is 0 Å². The highest BCUT2D eigenvalue weighted by Crippen LogP contribution is 2.28. The minimum Gasteiger partial charge on any atom is -0.336 e. The van der Waals surface area contributed by atoms with Gasteiger partial charge in [0.2, 0.25) is 0 Å². The normalized spacial score (nSPS) is 16.7. The van der Waals surface area contributed by atoms with Crippen LogP contribution in [0.25, 0.3) is 0 Å². The van der Waals surface area contributed by atoms with Crippen molar-refractivity contribution in [2.24, 2.45) is 0 Å². The lowest BCUT2D eigenvalue weighted by Crippen LogP contribution is -2.43. The van der Waals surface area contributed by atoms with Gasteiger partial charge < -0.3 is 10.2 Å². The van der Waals surface area contributed by atoms with Crippen molar-refractivity contribution in [3.05, 3.63) is 57.9 Å². The number of hydrogen-bond donors (Lipinski definition) is 1. The summed E-state index contributed by atoms with van der Waals surface area (Å²) in [5.41, 5.74) is 3.28. The number of likely N-dealkylation sites (tertiary alicyclic amines) is 1. The van der Waals surface area contributed by atoms with Crippen LogP contribution in [0.1, 0.15) is 64.4 Å². The van der Waals surface area contributed by atoms with Crippen LogP contribution in [0.15, 0.2) is 30.6 Å². The Morgan fingerprint density at radius 3 is 2.64 bits per heavy atom. The molecule has 148 valence electrons. The Morgan fingerprint density at radius 1 is 1.18 bits per heavy atom. The molecule has 5 nitrogen and oxygen atoms in total. The minimum absolute atomic E-state index is 0.0572. The van der Waals surface area contributed by atoms with E-state index in [1.54, 1.807) is 6.07 Å². The number of halogens is 1. The summed E-state index contributed by atoms with van der Waals surface area (Å²) in [5, 5.41) is 3.34. The van der Waals surface area contributed by atoms with Crippen molar-refractivity contribution in [2.45, 2.75) is 52.5 Å². The minimum atomic E-state index is -0.332. The monoisotopic (exact) mass is 399 g/mol. The summed E-state index contributed by atoms with van der Waals surface area (Å²) >= 11 is 6.29. The van der Waals surface area contributed by atoms with Crippen molar-refractivity contribution >= 4 is 29.1 Å². The summed E-state index contributed by atoms with van der Waals surface area (Å²) < 4.78 is 0. The molecular formula is C22H26ClN3O2. The molecule has 1 aliphatic rings. The van der Waals surface area contributed by atoms with Crippen LogP contribution in [-0.2, 0) is 0 Å². The topological polar surface area (TPSA) is 62.3 Å². The van der Waals surface area contributed by atoms with E-state index in [1.165, 1.54) is 12.4 Å². The van der Waals surface area contributed by atoms with Crippen LogP contribution in [0.2, 0.25) is 5.02 Å². The van der Waals surface area contributed by atoms with Gasteiger partial charge >= 0.3 is 0 Å². The third-order valence-corrected chi connectivity index (χ3v) is 5.57. The smallest absolute Gasteiger partial charge is 0.257 e. The average molecular weight is 400 g/mol. The van der Waals surface area contributed by atoms with Crippen molar-refractivity contribution < 1.29 is 9.59 Å². The van der Waals surface area contributed by atoms with Gasteiger partial charge in [-0.2, -0.15) is 0 Å². The maximum Gasteiger partial charge on any atom is 0.257 e. The number of aryl methyl sites for hydroxylation is 2. The van der Waals surface area contributed by atoms with Crippen LogP contribution in [-0.4, -0.2) is 34.3 Å². The van der Waals surface area contributed by atoms with E-state index in [4.69, 9.17) is 11.6 Å². The molecule has 1 aromatic carbocycles. The fourth-order valence-corrected chi connectivity index (χ4v) is 4.17. The first-order valence-electron chi connectivity index (χ1n) is 9.74. The second-order valence-electron chi connectivity index (χ2n) is 7.41. The number of carbonyl (C=O) groups excluding carboxylic acids is 2. The van der Waals surface area contributed by atoms with Gasteiger partial charge in [-0.1, -0.05) is 24.6 Å². The van der Waals surface area contributed by atoms with Crippen molar-refractivity contribution in [3.63, 3.8) is 0 Å². The van der Waals surface area contributed by atoms with E-state index in [-0.39, 0.29) is 17.9 Å². The number of pyridine rings is 1. The number of rotatable bonds is 4. The van der Waals surface area contributed by atoms with Gasteiger partial charge in [-0.3, -0.25) is 14.6 Å². The fourth-order valence-electron chi connectivity index (χ4n) is 3.80. The van der Waals surface area contributed by atoms with Crippen LogP contribution < -0.4 is 5.32 Å². The quantitative estimate of drug-likeness (QED) is 0.786. The Balaban J connectivity index is 1.81. The van der Waals surface area contributed by atoms with E-state index in [9.17, 15) is 9.59 Å². The number of nitrogens with one attached hydrogen (secondary N) is 1. The molecule has 1 unspecified atom stereocenters. The maximum absolute atomic E-state index is 13.0. The van der Waals surface area contributed by atoms with Crippen molar-refractivity contribution in [3.8, 4) is 0 Å². The van der Waals surface area contributed by atoms with Crippen LogP contribution in [0.3, 0.4) is 0 Å². The molecule has 6 heteroatoms. The molecule has 1 fully saturated rings. The summed E-state index contributed by atoms with van der Waals surface area (Å²) in [7, 11) is 0. The average Bonchev–Trinajstić information content (AvgIpc) is 2.70. The maximum atomic E-state index is 13.0.